The lowest BCUT2D eigenvalue weighted by Crippen LogP contribution is -2.19. The van der Waals surface area contributed by atoms with Crippen LogP contribution in [0.3, 0.4) is 0 Å². The average Bonchev–Trinajstić information content (AvgIpc) is 3.23. The van der Waals surface area contributed by atoms with E-state index >= 15 is 0 Å². The van der Waals surface area contributed by atoms with E-state index in [2.05, 4.69) is 10.4 Å². The quantitative estimate of drug-likeness (QED) is 0.775. The SMILES string of the molecule is Cc1cc(NC(=O)c2cc3ccccc3o2)n(C2CCS(=O)(=O)C2)n1. The third-order valence-electron chi connectivity index (χ3n) is 4.30. The van der Waals surface area contributed by atoms with Crippen molar-refractivity contribution in [3.05, 3.63) is 47.9 Å². The summed E-state index contributed by atoms with van der Waals surface area (Å²) in [5.41, 5.74) is 1.35. The number of fused-ring (bicyclic) bond motifs is 1. The molecule has 1 unspecified atom stereocenters. The Bertz CT molecular complexity index is 1030. The summed E-state index contributed by atoms with van der Waals surface area (Å²) in [7, 11) is -3.04. The molecule has 1 aromatic carbocycles. The molecule has 3 heterocycles. The van der Waals surface area contributed by atoms with Gasteiger partial charge in [-0.05, 0) is 25.5 Å². The Balaban J connectivity index is 1.61. The minimum Gasteiger partial charge on any atom is -0.451 e. The fourth-order valence-electron chi connectivity index (χ4n) is 3.13. The molecular weight excluding hydrogens is 342 g/mol. The highest BCUT2D eigenvalue weighted by Crippen LogP contribution is 2.27. The molecule has 0 aliphatic carbocycles. The molecule has 1 aliphatic heterocycles. The smallest absolute Gasteiger partial charge is 0.292 e. The van der Waals surface area contributed by atoms with Crippen molar-refractivity contribution in [3.8, 4) is 0 Å². The van der Waals surface area contributed by atoms with E-state index in [0.29, 0.717) is 23.5 Å². The highest BCUT2D eigenvalue weighted by atomic mass is 32.2. The Labute approximate surface area is 144 Å². The second kappa shape index (κ2) is 5.73. The zero-order valence-electron chi connectivity index (χ0n) is 13.6. The highest BCUT2D eigenvalue weighted by Gasteiger charge is 2.31. The van der Waals surface area contributed by atoms with E-state index in [-0.39, 0.29) is 23.3 Å². The number of anilines is 1. The van der Waals surface area contributed by atoms with Gasteiger partial charge >= 0.3 is 0 Å². The van der Waals surface area contributed by atoms with E-state index in [1.54, 1.807) is 29.8 Å². The van der Waals surface area contributed by atoms with Crippen LogP contribution in [0.1, 0.15) is 28.7 Å². The van der Waals surface area contributed by atoms with Gasteiger partial charge < -0.3 is 9.73 Å². The highest BCUT2D eigenvalue weighted by molar-refractivity contribution is 7.91. The van der Waals surface area contributed by atoms with Crippen molar-refractivity contribution in [2.24, 2.45) is 0 Å². The van der Waals surface area contributed by atoms with Gasteiger partial charge in [-0.3, -0.25) is 4.79 Å². The van der Waals surface area contributed by atoms with E-state index < -0.39 is 15.7 Å². The first-order chi connectivity index (χ1) is 11.9. The lowest BCUT2D eigenvalue weighted by molar-refractivity contribution is 0.0997. The van der Waals surface area contributed by atoms with Crippen molar-refractivity contribution >= 4 is 32.5 Å². The summed E-state index contributed by atoms with van der Waals surface area (Å²) < 4.78 is 30.6. The number of amides is 1. The van der Waals surface area contributed by atoms with Crippen molar-refractivity contribution in [1.82, 2.24) is 9.78 Å². The summed E-state index contributed by atoms with van der Waals surface area (Å²) in [5.74, 6) is 0.476. The van der Waals surface area contributed by atoms with Gasteiger partial charge in [-0.1, -0.05) is 18.2 Å². The van der Waals surface area contributed by atoms with Gasteiger partial charge in [0, 0.05) is 11.5 Å². The fourth-order valence-corrected chi connectivity index (χ4v) is 4.82. The van der Waals surface area contributed by atoms with Crippen LogP contribution in [0.5, 0.6) is 0 Å². The van der Waals surface area contributed by atoms with Crippen molar-refractivity contribution < 1.29 is 17.6 Å². The van der Waals surface area contributed by atoms with Gasteiger partial charge in [0.1, 0.15) is 11.4 Å². The molecule has 1 saturated heterocycles. The molecule has 1 fully saturated rings. The number of aryl methyl sites for hydroxylation is 1. The molecule has 1 atom stereocenters. The molecule has 3 aromatic rings. The van der Waals surface area contributed by atoms with Crippen LogP contribution < -0.4 is 5.32 Å². The topological polar surface area (TPSA) is 94.2 Å². The van der Waals surface area contributed by atoms with Crippen LogP contribution in [0.2, 0.25) is 0 Å². The minimum atomic E-state index is -3.04. The summed E-state index contributed by atoms with van der Waals surface area (Å²) in [6.45, 7) is 1.80. The van der Waals surface area contributed by atoms with Gasteiger partial charge in [0.15, 0.2) is 15.6 Å². The first-order valence-electron chi connectivity index (χ1n) is 7.98. The number of nitrogens with zero attached hydrogens (tertiary/aromatic N) is 2. The third kappa shape index (κ3) is 3.05. The largest absolute Gasteiger partial charge is 0.451 e. The molecule has 130 valence electrons. The van der Waals surface area contributed by atoms with Crippen LogP contribution in [0, 0.1) is 6.92 Å². The van der Waals surface area contributed by atoms with Gasteiger partial charge in [0.05, 0.1) is 23.2 Å². The fraction of sp³-hybridized carbons (Fsp3) is 0.294. The van der Waals surface area contributed by atoms with Gasteiger partial charge in [-0.25, -0.2) is 13.1 Å². The number of nitrogens with one attached hydrogen (secondary N) is 1. The Morgan fingerprint density at radius 2 is 2.12 bits per heavy atom. The van der Waals surface area contributed by atoms with Crippen LogP contribution in [-0.2, 0) is 9.84 Å². The third-order valence-corrected chi connectivity index (χ3v) is 6.05. The number of rotatable bonds is 3. The normalized spacial score (nSPS) is 19.3. The zero-order chi connectivity index (χ0) is 17.6. The zero-order valence-corrected chi connectivity index (χ0v) is 14.4. The van der Waals surface area contributed by atoms with Crippen molar-refractivity contribution in [2.75, 3.05) is 16.8 Å². The lowest BCUT2D eigenvalue weighted by Gasteiger charge is -2.13. The summed E-state index contributed by atoms with van der Waals surface area (Å²) in [6.07, 6.45) is 0.497. The predicted molar refractivity (Wildman–Crippen MR) is 93.4 cm³/mol. The number of carbonyl (C=O) groups excluding carboxylic acids is 1. The van der Waals surface area contributed by atoms with Crippen LogP contribution in [-0.4, -0.2) is 35.6 Å². The maximum Gasteiger partial charge on any atom is 0.292 e. The molecule has 1 aliphatic rings. The van der Waals surface area contributed by atoms with Crippen molar-refractivity contribution in [1.29, 1.82) is 0 Å². The first kappa shape index (κ1) is 15.9. The molecule has 8 heteroatoms. The number of hydrogen-bond acceptors (Lipinski definition) is 5. The Morgan fingerprint density at radius 1 is 1.32 bits per heavy atom. The number of aromatic nitrogens is 2. The maximum atomic E-state index is 12.5. The predicted octanol–water partition coefficient (Wildman–Crippen LogP) is 2.55. The average molecular weight is 359 g/mol. The van der Waals surface area contributed by atoms with Crippen molar-refractivity contribution in [3.63, 3.8) is 0 Å². The second-order valence-corrected chi connectivity index (χ2v) is 8.50. The van der Waals surface area contributed by atoms with Crippen LogP contribution in [0.25, 0.3) is 11.0 Å². The molecule has 0 spiro atoms. The molecule has 0 saturated carbocycles. The molecule has 0 radical (unpaired) electrons. The van der Waals surface area contributed by atoms with Gasteiger partial charge in [-0.2, -0.15) is 5.10 Å². The second-order valence-electron chi connectivity index (χ2n) is 6.27. The van der Waals surface area contributed by atoms with E-state index in [4.69, 9.17) is 4.42 Å². The van der Waals surface area contributed by atoms with E-state index in [1.807, 2.05) is 18.2 Å². The molecule has 7 nitrogen and oxygen atoms in total. The Hall–Kier alpha value is -2.61. The number of furan rings is 1. The van der Waals surface area contributed by atoms with E-state index in [0.717, 1.165) is 5.39 Å². The maximum absolute atomic E-state index is 12.5. The van der Waals surface area contributed by atoms with E-state index in [1.165, 1.54) is 0 Å². The number of para-hydroxylation sites is 1. The Kier molecular flexibility index (Phi) is 3.64. The molecule has 4 rings (SSSR count). The summed E-state index contributed by atoms with van der Waals surface area (Å²) >= 11 is 0. The number of hydrogen-bond donors (Lipinski definition) is 1. The summed E-state index contributed by atoms with van der Waals surface area (Å²) in [5, 5.41) is 7.99. The summed E-state index contributed by atoms with van der Waals surface area (Å²) in [6, 6.07) is 10.5. The summed E-state index contributed by atoms with van der Waals surface area (Å²) in [4.78, 5) is 12.5. The van der Waals surface area contributed by atoms with Crippen LogP contribution in [0.15, 0.2) is 40.8 Å². The lowest BCUT2D eigenvalue weighted by atomic mass is 10.2. The Morgan fingerprint density at radius 3 is 2.84 bits per heavy atom. The monoisotopic (exact) mass is 359 g/mol. The molecule has 0 bridgehead atoms. The number of benzene rings is 1. The number of carbonyl (C=O) groups is 1. The van der Waals surface area contributed by atoms with Crippen LogP contribution in [0.4, 0.5) is 5.82 Å². The van der Waals surface area contributed by atoms with E-state index in [9.17, 15) is 13.2 Å². The van der Waals surface area contributed by atoms with Gasteiger partial charge in [-0.15, -0.1) is 0 Å². The number of sulfone groups is 1. The molecule has 1 N–H and O–H groups in total. The molecule has 1 amide bonds. The molecular formula is C17H17N3O4S. The van der Waals surface area contributed by atoms with Gasteiger partial charge in [0.25, 0.3) is 5.91 Å². The first-order valence-corrected chi connectivity index (χ1v) is 9.80. The van der Waals surface area contributed by atoms with Gasteiger partial charge in [0.2, 0.25) is 0 Å². The standard InChI is InChI=1S/C17H17N3O4S/c1-11-8-16(20(19-11)13-6-7-25(22,23)10-13)18-17(21)15-9-12-4-2-3-5-14(12)24-15/h2-5,8-9,13H,6-7,10H2,1H3,(H,18,21). The molecule has 25 heavy (non-hydrogen) atoms. The van der Waals surface area contributed by atoms with Crippen molar-refractivity contribution in [2.45, 2.75) is 19.4 Å². The van der Waals surface area contributed by atoms with Crippen LogP contribution >= 0.6 is 0 Å². The minimum absolute atomic E-state index is 0.0433. The molecule has 2 aromatic heterocycles.